The van der Waals surface area contributed by atoms with Crippen molar-refractivity contribution in [2.75, 3.05) is 31.3 Å². The van der Waals surface area contributed by atoms with Crippen LogP contribution in [0.3, 0.4) is 0 Å². The van der Waals surface area contributed by atoms with Crippen LogP contribution in [0.25, 0.3) is 0 Å². The van der Waals surface area contributed by atoms with Crippen molar-refractivity contribution in [1.29, 1.82) is 0 Å². The molecule has 0 aromatic heterocycles. The number of rotatable bonds is 5. The van der Waals surface area contributed by atoms with Gasteiger partial charge in [-0.15, -0.1) is 0 Å². The SMILES string of the molecule is CN(C)c1ccc(CC(O)CO)c([N+](=O)[O-])c1N. The van der Waals surface area contributed by atoms with E-state index in [1.54, 1.807) is 31.1 Å². The van der Waals surface area contributed by atoms with E-state index in [1.807, 2.05) is 0 Å². The van der Waals surface area contributed by atoms with Crippen LogP contribution in [-0.4, -0.2) is 41.9 Å². The number of hydrogen-bond acceptors (Lipinski definition) is 6. The molecule has 0 bridgehead atoms. The Bertz CT molecular complexity index is 448. The minimum Gasteiger partial charge on any atom is -0.394 e. The number of aliphatic hydroxyl groups excluding tert-OH is 2. The lowest BCUT2D eigenvalue weighted by Crippen LogP contribution is -2.18. The molecule has 1 unspecified atom stereocenters. The monoisotopic (exact) mass is 255 g/mol. The van der Waals surface area contributed by atoms with Gasteiger partial charge in [-0.3, -0.25) is 10.1 Å². The molecule has 100 valence electrons. The Kier molecular flexibility index (Phi) is 4.46. The molecule has 0 saturated heterocycles. The van der Waals surface area contributed by atoms with Gasteiger partial charge in [0.15, 0.2) is 0 Å². The van der Waals surface area contributed by atoms with Crippen LogP contribution in [0.4, 0.5) is 17.1 Å². The zero-order valence-corrected chi connectivity index (χ0v) is 10.3. The summed E-state index contributed by atoms with van der Waals surface area (Å²) in [5.74, 6) is 0. The van der Waals surface area contributed by atoms with Crippen molar-refractivity contribution in [2.24, 2.45) is 0 Å². The highest BCUT2D eigenvalue weighted by atomic mass is 16.6. The van der Waals surface area contributed by atoms with Crippen molar-refractivity contribution in [1.82, 2.24) is 0 Å². The van der Waals surface area contributed by atoms with Crippen LogP contribution >= 0.6 is 0 Å². The first kappa shape index (κ1) is 14.2. The number of nitrogens with zero attached hydrogens (tertiary/aromatic N) is 2. The van der Waals surface area contributed by atoms with E-state index < -0.39 is 17.6 Å². The maximum atomic E-state index is 11.1. The molecule has 0 radical (unpaired) electrons. The van der Waals surface area contributed by atoms with Gasteiger partial charge in [0.05, 0.1) is 23.3 Å². The molecule has 7 nitrogen and oxygen atoms in total. The van der Waals surface area contributed by atoms with Gasteiger partial charge in [-0.05, 0) is 12.1 Å². The van der Waals surface area contributed by atoms with Gasteiger partial charge in [0, 0.05) is 26.1 Å². The van der Waals surface area contributed by atoms with Crippen molar-refractivity contribution in [3.05, 3.63) is 27.8 Å². The summed E-state index contributed by atoms with van der Waals surface area (Å²) in [4.78, 5) is 12.2. The third-order valence-electron chi connectivity index (χ3n) is 2.61. The van der Waals surface area contributed by atoms with Crippen molar-refractivity contribution in [3.63, 3.8) is 0 Å². The van der Waals surface area contributed by atoms with Gasteiger partial charge in [0.1, 0.15) is 5.69 Å². The third-order valence-corrected chi connectivity index (χ3v) is 2.61. The Labute approximate surface area is 105 Å². The molecule has 0 spiro atoms. The number of nitrogens with two attached hydrogens (primary N) is 1. The van der Waals surface area contributed by atoms with E-state index in [2.05, 4.69) is 0 Å². The molecule has 1 aromatic carbocycles. The van der Waals surface area contributed by atoms with Crippen LogP contribution in [0, 0.1) is 10.1 Å². The van der Waals surface area contributed by atoms with E-state index in [1.165, 1.54) is 0 Å². The van der Waals surface area contributed by atoms with Gasteiger partial charge in [-0.2, -0.15) is 0 Å². The average Bonchev–Trinajstić information content (AvgIpc) is 2.27. The molecule has 1 atom stereocenters. The van der Waals surface area contributed by atoms with Crippen molar-refractivity contribution in [2.45, 2.75) is 12.5 Å². The second-order valence-electron chi connectivity index (χ2n) is 4.20. The molecule has 0 amide bonds. The second kappa shape index (κ2) is 5.65. The van der Waals surface area contributed by atoms with Gasteiger partial charge < -0.3 is 20.8 Å². The number of anilines is 2. The summed E-state index contributed by atoms with van der Waals surface area (Å²) >= 11 is 0. The maximum Gasteiger partial charge on any atom is 0.297 e. The van der Waals surface area contributed by atoms with E-state index in [-0.39, 0.29) is 17.8 Å². The molecule has 0 fully saturated rings. The summed E-state index contributed by atoms with van der Waals surface area (Å²) in [5.41, 5.74) is 6.48. The second-order valence-corrected chi connectivity index (χ2v) is 4.20. The van der Waals surface area contributed by atoms with Crippen LogP contribution < -0.4 is 10.6 Å². The molecule has 1 aromatic rings. The quantitative estimate of drug-likeness (QED) is 0.392. The predicted octanol–water partition coefficient (Wildman–Crippen LogP) is 0.139. The molecular weight excluding hydrogens is 238 g/mol. The first-order valence-electron chi connectivity index (χ1n) is 5.40. The molecule has 0 saturated carbocycles. The Morgan fingerprint density at radius 2 is 2.11 bits per heavy atom. The van der Waals surface area contributed by atoms with Crippen LogP contribution in [0.2, 0.25) is 0 Å². The van der Waals surface area contributed by atoms with Crippen molar-refractivity contribution in [3.8, 4) is 0 Å². The lowest BCUT2D eigenvalue weighted by Gasteiger charge is -2.17. The molecule has 7 heteroatoms. The smallest absolute Gasteiger partial charge is 0.297 e. The van der Waals surface area contributed by atoms with Gasteiger partial charge in [0.2, 0.25) is 0 Å². The van der Waals surface area contributed by atoms with E-state index in [0.717, 1.165) is 0 Å². The van der Waals surface area contributed by atoms with Crippen LogP contribution in [0.1, 0.15) is 5.56 Å². The standard InChI is InChI=1S/C11H17N3O4/c1-13(2)9-4-3-7(5-8(16)6-15)11(10(9)12)14(17)18/h3-4,8,15-16H,5-6,12H2,1-2H3. The summed E-state index contributed by atoms with van der Waals surface area (Å²) in [6.45, 7) is -0.452. The molecule has 4 N–H and O–H groups in total. The molecule has 0 aliphatic carbocycles. The largest absolute Gasteiger partial charge is 0.394 e. The summed E-state index contributed by atoms with van der Waals surface area (Å²) in [6, 6.07) is 3.20. The highest BCUT2D eigenvalue weighted by molar-refractivity contribution is 5.78. The summed E-state index contributed by atoms with van der Waals surface area (Å²) in [5, 5.41) is 29.2. The van der Waals surface area contributed by atoms with Gasteiger partial charge >= 0.3 is 0 Å². The normalized spacial score (nSPS) is 12.2. The lowest BCUT2D eigenvalue weighted by molar-refractivity contribution is -0.384. The number of benzene rings is 1. The van der Waals surface area contributed by atoms with Gasteiger partial charge in [0.25, 0.3) is 5.69 Å². The minimum absolute atomic E-state index is 0.00920. The number of nitro groups is 1. The molecule has 0 aliphatic rings. The summed E-state index contributed by atoms with van der Waals surface area (Å²) in [6.07, 6.45) is -1.04. The number of aliphatic hydroxyl groups is 2. The Hall–Kier alpha value is -1.86. The zero-order chi connectivity index (χ0) is 13.9. The van der Waals surface area contributed by atoms with Crippen LogP contribution in [0.5, 0.6) is 0 Å². The van der Waals surface area contributed by atoms with Gasteiger partial charge in [-0.1, -0.05) is 0 Å². The highest BCUT2D eigenvalue weighted by Gasteiger charge is 2.23. The van der Waals surface area contributed by atoms with Crippen LogP contribution in [0.15, 0.2) is 12.1 Å². The number of hydrogen-bond donors (Lipinski definition) is 3. The fraction of sp³-hybridized carbons (Fsp3) is 0.455. The topological polar surface area (TPSA) is 113 Å². The van der Waals surface area contributed by atoms with Crippen LogP contribution in [-0.2, 0) is 6.42 Å². The van der Waals surface area contributed by atoms with E-state index >= 15 is 0 Å². The maximum absolute atomic E-state index is 11.1. The van der Waals surface area contributed by atoms with E-state index in [9.17, 15) is 15.2 Å². The molecule has 0 heterocycles. The highest BCUT2D eigenvalue weighted by Crippen LogP contribution is 2.35. The summed E-state index contributed by atoms with van der Waals surface area (Å²) in [7, 11) is 3.47. The molecule has 1 rings (SSSR count). The zero-order valence-electron chi connectivity index (χ0n) is 10.3. The fourth-order valence-electron chi connectivity index (χ4n) is 1.73. The predicted molar refractivity (Wildman–Crippen MR) is 68.6 cm³/mol. The average molecular weight is 255 g/mol. The first-order valence-corrected chi connectivity index (χ1v) is 5.40. The number of nitro benzene ring substituents is 1. The Morgan fingerprint density at radius 3 is 2.56 bits per heavy atom. The third kappa shape index (κ3) is 2.88. The molecule has 18 heavy (non-hydrogen) atoms. The van der Waals surface area contributed by atoms with E-state index in [0.29, 0.717) is 11.3 Å². The Balaban J connectivity index is 3.28. The first-order chi connectivity index (χ1) is 8.38. The lowest BCUT2D eigenvalue weighted by atomic mass is 10.0. The minimum atomic E-state index is -1.03. The Morgan fingerprint density at radius 1 is 1.50 bits per heavy atom. The van der Waals surface area contributed by atoms with Crippen molar-refractivity contribution < 1.29 is 15.1 Å². The molecule has 0 aliphatic heterocycles. The van der Waals surface area contributed by atoms with Crippen molar-refractivity contribution >= 4 is 17.1 Å². The van der Waals surface area contributed by atoms with E-state index in [4.69, 9.17) is 10.8 Å². The fourth-order valence-corrected chi connectivity index (χ4v) is 1.73. The summed E-state index contributed by atoms with van der Waals surface area (Å²) < 4.78 is 0. The molecular formula is C11H17N3O4. The van der Waals surface area contributed by atoms with Gasteiger partial charge in [-0.25, -0.2) is 0 Å². The number of nitrogen functional groups attached to an aromatic ring is 1.